The van der Waals surface area contributed by atoms with Gasteiger partial charge in [-0.2, -0.15) is 5.10 Å². The van der Waals surface area contributed by atoms with Crippen LogP contribution in [-0.2, 0) is 11.8 Å². The van der Waals surface area contributed by atoms with Gasteiger partial charge in [0.2, 0.25) is 0 Å². The maximum absolute atomic E-state index is 12.6. The summed E-state index contributed by atoms with van der Waals surface area (Å²) in [6.45, 7) is 7.32. The lowest BCUT2D eigenvalue weighted by molar-refractivity contribution is -0.122. The number of hydrogen-bond acceptors (Lipinski definition) is 4. The summed E-state index contributed by atoms with van der Waals surface area (Å²) in [6, 6.07) is 0. The van der Waals surface area contributed by atoms with E-state index in [-0.39, 0.29) is 17.6 Å². The van der Waals surface area contributed by atoms with Crippen molar-refractivity contribution in [3.63, 3.8) is 0 Å². The van der Waals surface area contributed by atoms with Crippen LogP contribution < -0.4 is 5.73 Å². The van der Waals surface area contributed by atoms with Gasteiger partial charge >= 0.3 is 0 Å². The maximum atomic E-state index is 12.6. The van der Waals surface area contributed by atoms with Crippen molar-refractivity contribution < 1.29 is 9.53 Å². The molecule has 1 aliphatic heterocycles. The van der Waals surface area contributed by atoms with Gasteiger partial charge in [0.15, 0.2) is 0 Å². The predicted molar refractivity (Wildman–Crippen MR) is 71.9 cm³/mol. The van der Waals surface area contributed by atoms with Crippen molar-refractivity contribution in [1.29, 1.82) is 0 Å². The Labute approximate surface area is 113 Å². The summed E-state index contributed by atoms with van der Waals surface area (Å²) < 4.78 is 7.50. The molecule has 0 aliphatic carbocycles. The van der Waals surface area contributed by atoms with Gasteiger partial charge in [-0.1, -0.05) is 0 Å². The number of morpholine rings is 1. The van der Waals surface area contributed by atoms with Crippen molar-refractivity contribution in [2.45, 2.75) is 32.5 Å². The average molecular weight is 266 g/mol. The highest BCUT2D eigenvalue weighted by molar-refractivity contribution is 5.95. The first-order chi connectivity index (χ1) is 8.82. The number of nitrogens with two attached hydrogens (primary N) is 1. The van der Waals surface area contributed by atoms with E-state index in [0.717, 1.165) is 5.69 Å². The molecule has 1 aliphatic rings. The maximum Gasteiger partial charge on any atom is 0.257 e. The zero-order valence-corrected chi connectivity index (χ0v) is 12.0. The Morgan fingerprint density at radius 3 is 2.84 bits per heavy atom. The molecule has 19 heavy (non-hydrogen) atoms. The minimum atomic E-state index is -0.367. The van der Waals surface area contributed by atoms with Crippen LogP contribution in [0.15, 0.2) is 6.20 Å². The van der Waals surface area contributed by atoms with E-state index < -0.39 is 0 Å². The van der Waals surface area contributed by atoms with Gasteiger partial charge < -0.3 is 15.4 Å². The first-order valence-corrected chi connectivity index (χ1v) is 6.50. The smallest absolute Gasteiger partial charge is 0.257 e. The molecular formula is C13H22N4O2. The Hall–Kier alpha value is -1.40. The summed E-state index contributed by atoms with van der Waals surface area (Å²) >= 11 is 0. The van der Waals surface area contributed by atoms with Crippen LogP contribution in [0.1, 0.15) is 29.9 Å². The highest BCUT2D eigenvalue weighted by Crippen LogP contribution is 2.22. The molecule has 1 saturated heterocycles. The minimum Gasteiger partial charge on any atom is -0.367 e. The van der Waals surface area contributed by atoms with Crippen molar-refractivity contribution in [3.8, 4) is 0 Å². The molecule has 1 aromatic rings. The number of aryl methyl sites for hydroxylation is 2. The van der Waals surface area contributed by atoms with Gasteiger partial charge in [-0.05, 0) is 20.8 Å². The van der Waals surface area contributed by atoms with Crippen molar-refractivity contribution in [2.75, 3.05) is 19.6 Å². The second-order valence-electron chi connectivity index (χ2n) is 5.72. The van der Waals surface area contributed by atoms with E-state index in [0.29, 0.717) is 25.2 Å². The van der Waals surface area contributed by atoms with Crippen LogP contribution in [0, 0.1) is 6.92 Å². The fourth-order valence-electron chi connectivity index (χ4n) is 2.55. The number of amides is 1. The van der Waals surface area contributed by atoms with E-state index in [1.54, 1.807) is 10.9 Å². The summed E-state index contributed by atoms with van der Waals surface area (Å²) in [5.41, 5.74) is 6.71. The number of nitrogens with zero attached hydrogens (tertiary/aromatic N) is 3. The quantitative estimate of drug-likeness (QED) is 0.836. The van der Waals surface area contributed by atoms with E-state index >= 15 is 0 Å². The minimum absolute atomic E-state index is 0.000394. The number of carbonyl (C=O) groups is 1. The molecule has 6 heteroatoms. The lowest BCUT2D eigenvalue weighted by Gasteiger charge is -2.42. The molecule has 106 valence electrons. The van der Waals surface area contributed by atoms with Crippen molar-refractivity contribution in [1.82, 2.24) is 14.7 Å². The lowest BCUT2D eigenvalue weighted by Crippen LogP contribution is -2.56. The molecule has 1 fully saturated rings. The first kappa shape index (κ1) is 14.0. The van der Waals surface area contributed by atoms with E-state index in [4.69, 9.17) is 10.5 Å². The molecule has 1 amide bonds. The Kier molecular flexibility index (Phi) is 3.64. The average Bonchev–Trinajstić information content (AvgIpc) is 2.65. The third-order valence-electron chi connectivity index (χ3n) is 3.28. The van der Waals surface area contributed by atoms with Crippen LogP contribution in [-0.4, -0.2) is 51.9 Å². The topological polar surface area (TPSA) is 73.4 Å². The zero-order chi connectivity index (χ0) is 14.2. The normalized spacial score (nSPS) is 22.6. The molecular weight excluding hydrogens is 244 g/mol. The molecule has 0 spiro atoms. The number of rotatable bonds is 2. The molecule has 0 saturated carbocycles. The summed E-state index contributed by atoms with van der Waals surface area (Å²) in [5.74, 6) is 0.000394. The van der Waals surface area contributed by atoms with Gasteiger partial charge in [-0.15, -0.1) is 0 Å². The fourth-order valence-corrected chi connectivity index (χ4v) is 2.55. The molecule has 0 radical (unpaired) electrons. The Balaban J connectivity index is 2.21. The van der Waals surface area contributed by atoms with Crippen molar-refractivity contribution in [2.24, 2.45) is 12.8 Å². The highest BCUT2D eigenvalue weighted by Gasteiger charge is 2.36. The molecule has 0 aromatic carbocycles. The van der Waals surface area contributed by atoms with Gasteiger partial charge in [0.05, 0.1) is 23.0 Å². The second-order valence-corrected chi connectivity index (χ2v) is 5.72. The largest absolute Gasteiger partial charge is 0.367 e. The van der Waals surface area contributed by atoms with Crippen molar-refractivity contribution in [3.05, 3.63) is 17.5 Å². The van der Waals surface area contributed by atoms with Crippen LogP contribution in [0.2, 0.25) is 0 Å². The van der Waals surface area contributed by atoms with Crippen LogP contribution in [0.3, 0.4) is 0 Å². The second kappa shape index (κ2) is 4.94. The number of hydrogen-bond donors (Lipinski definition) is 1. The van der Waals surface area contributed by atoms with Crippen molar-refractivity contribution >= 4 is 5.91 Å². The van der Waals surface area contributed by atoms with Crippen LogP contribution >= 0.6 is 0 Å². The predicted octanol–water partition coefficient (Wildman–Crippen LogP) is 0.307. The summed E-state index contributed by atoms with van der Waals surface area (Å²) in [6.07, 6.45) is 1.65. The van der Waals surface area contributed by atoms with Gasteiger partial charge in [0.1, 0.15) is 0 Å². The summed E-state index contributed by atoms with van der Waals surface area (Å²) in [7, 11) is 1.82. The fraction of sp³-hybridized carbons (Fsp3) is 0.692. The Morgan fingerprint density at radius 1 is 1.63 bits per heavy atom. The Morgan fingerprint density at radius 2 is 2.32 bits per heavy atom. The third kappa shape index (κ3) is 2.96. The van der Waals surface area contributed by atoms with Gasteiger partial charge in [0, 0.05) is 32.9 Å². The number of aromatic nitrogens is 2. The standard InChI is InChI=1S/C13H22N4O2/c1-9-11(7-16(4)15-9)12(18)17-6-10(5-14)19-13(2,3)8-17/h7,10H,5-6,8,14H2,1-4H3. The SMILES string of the molecule is Cc1nn(C)cc1C(=O)N1CC(CN)OC(C)(C)C1. The lowest BCUT2D eigenvalue weighted by atomic mass is 10.0. The Bertz CT molecular complexity index is 481. The molecule has 0 bridgehead atoms. The van der Waals surface area contributed by atoms with E-state index in [9.17, 15) is 4.79 Å². The van der Waals surface area contributed by atoms with E-state index in [1.807, 2.05) is 32.7 Å². The molecule has 6 nitrogen and oxygen atoms in total. The van der Waals surface area contributed by atoms with E-state index in [2.05, 4.69) is 5.10 Å². The van der Waals surface area contributed by atoms with Crippen LogP contribution in [0.25, 0.3) is 0 Å². The van der Waals surface area contributed by atoms with Gasteiger partial charge in [-0.3, -0.25) is 9.48 Å². The third-order valence-corrected chi connectivity index (χ3v) is 3.28. The molecule has 2 N–H and O–H groups in total. The first-order valence-electron chi connectivity index (χ1n) is 6.50. The van der Waals surface area contributed by atoms with Gasteiger partial charge in [0.25, 0.3) is 5.91 Å². The molecule has 1 unspecified atom stereocenters. The van der Waals surface area contributed by atoms with Gasteiger partial charge in [-0.25, -0.2) is 0 Å². The monoisotopic (exact) mass is 266 g/mol. The van der Waals surface area contributed by atoms with Crippen LogP contribution in [0.4, 0.5) is 0 Å². The highest BCUT2D eigenvalue weighted by atomic mass is 16.5. The molecule has 1 atom stereocenters. The zero-order valence-electron chi connectivity index (χ0n) is 12.0. The van der Waals surface area contributed by atoms with Crippen LogP contribution in [0.5, 0.6) is 0 Å². The molecule has 2 heterocycles. The summed E-state index contributed by atoms with van der Waals surface area (Å²) in [4.78, 5) is 14.4. The number of carbonyl (C=O) groups excluding carboxylic acids is 1. The van der Waals surface area contributed by atoms with E-state index in [1.165, 1.54) is 0 Å². The molecule has 1 aromatic heterocycles. The summed E-state index contributed by atoms with van der Waals surface area (Å²) in [5, 5.41) is 4.22. The number of ether oxygens (including phenoxy) is 1. The molecule has 2 rings (SSSR count).